The third-order valence-electron chi connectivity index (χ3n) is 3.67. The Balaban J connectivity index is 2.24. The lowest BCUT2D eigenvalue weighted by Crippen LogP contribution is -2.49. The van der Waals surface area contributed by atoms with Gasteiger partial charge >= 0.3 is 0 Å². The summed E-state index contributed by atoms with van der Waals surface area (Å²) >= 11 is 5.35. The molecule has 1 aromatic heterocycles. The van der Waals surface area contributed by atoms with E-state index in [4.69, 9.17) is 5.84 Å². The molecular weight excluding hydrogens is 320 g/mol. The molecule has 4 heteroatoms. The van der Waals surface area contributed by atoms with Gasteiger partial charge in [-0.2, -0.15) is 0 Å². The lowest BCUT2D eigenvalue weighted by molar-refractivity contribution is 0.343. The zero-order valence-electron chi connectivity index (χ0n) is 11.2. The summed E-state index contributed by atoms with van der Waals surface area (Å²) in [7, 11) is 0. The predicted octanol–water partition coefficient (Wildman–Crippen LogP) is 3.86. The Kier molecular flexibility index (Phi) is 4.79. The minimum atomic E-state index is -0.0283. The second-order valence-corrected chi connectivity index (χ2v) is 7.06. The van der Waals surface area contributed by atoms with Crippen molar-refractivity contribution in [2.24, 2.45) is 5.84 Å². The lowest BCUT2D eigenvalue weighted by atomic mass is 9.76. The summed E-state index contributed by atoms with van der Waals surface area (Å²) in [6, 6.07) is 12.8. The first-order valence-corrected chi connectivity index (χ1v) is 7.96. The van der Waals surface area contributed by atoms with Crippen LogP contribution in [-0.4, -0.2) is 6.04 Å². The van der Waals surface area contributed by atoms with E-state index in [2.05, 4.69) is 70.9 Å². The fourth-order valence-corrected chi connectivity index (χ4v) is 3.81. The molecule has 0 spiro atoms. The minimum absolute atomic E-state index is 0.0283. The first-order valence-electron chi connectivity index (χ1n) is 6.29. The Labute approximate surface area is 127 Å². The molecule has 0 aliphatic rings. The highest BCUT2D eigenvalue weighted by Gasteiger charge is 2.31. The highest BCUT2D eigenvalue weighted by molar-refractivity contribution is 9.10. The number of thiophene rings is 1. The van der Waals surface area contributed by atoms with Gasteiger partial charge in [-0.25, -0.2) is 0 Å². The molecule has 1 atom stereocenters. The molecule has 102 valence electrons. The van der Waals surface area contributed by atoms with Crippen LogP contribution in [0, 0.1) is 0 Å². The number of nitrogens with two attached hydrogens (primary N) is 1. The first kappa shape index (κ1) is 14.7. The maximum Gasteiger partial charge on any atom is 0.0350 e. The largest absolute Gasteiger partial charge is 0.271 e. The standard InChI is InChI=1S/C15H19BrN2S/c1-15(2,11-6-4-3-5-7-11)14(18-17)10-13-12(16)8-9-19-13/h3-9,14,18H,10,17H2,1-2H3. The third-order valence-corrected chi connectivity index (χ3v) is 5.62. The minimum Gasteiger partial charge on any atom is -0.271 e. The van der Waals surface area contributed by atoms with E-state index in [0.29, 0.717) is 0 Å². The number of hydrogen-bond acceptors (Lipinski definition) is 3. The molecule has 0 saturated carbocycles. The fourth-order valence-electron chi connectivity index (χ4n) is 2.25. The molecule has 1 aromatic carbocycles. The van der Waals surface area contributed by atoms with Crippen molar-refractivity contribution in [3.8, 4) is 0 Å². The molecule has 0 aliphatic heterocycles. The van der Waals surface area contributed by atoms with Gasteiger partial charge in [0.25, 0.3) is 0 Å². The van der Waals surface area contributed by atoms with E-state index in [1.165, 1.54) is 14.9 Å². The van der Waals surface area contributed by atoms with Gasteiger partial charge in [-0.15, -0.1) is 11.3 Å². The van der Waals surface area contributed by atoms with Crippen molar-refractivity contribution in [2.75, 3.05) is 0 Å². The number of halogens is 1. The molecule has 3 N–H and O–H groups in total. The molecule has 0 saturated heterocycles. The Morgan fingerprint density at radius 2 is 1.95 bits per heavy atom. The summed E-state index contributed by atoms with van der Waals surface area (Å²) in [4.78, 5) is 1.33. The molecule has 19 heavy (non-hydrogen) atoms. The Bertz CT molecular complexity index is 522. The van der Waals surface area contributed by atoms with Gasteiger partial charge in [0, 0.05) is 27.2 Å². The van der Waals surface area contributed by atoms with Gasteiger partial charge < -0.3 is 0 Å². The number of rotatable bonds is 5. The van der Waals surface area contributed by atoms with E-state index in [-0.39, 0.29) is 11.5 Å². The van der Waals surface area contributed by atoms with Crippen molar-refractivity contribution < 1.29 is 0 Å². The topological polar surface area (TPSA) is 38.0 Å². The summed E-state index contributed by atoms with van der Waals surface area (Å²) in [5.41, 5.74) is 4.26. The van der Waals surface area contributed by atoms with Crippen LogP contribution in [0.3, 0.4) is 0 Å². The van der Waals surface area contributed by atoms with E-state index >= 15 is 0 Å². The van der Waals surface area contributed by atoms with Crippen LogP contribution in [0.25, 0.3) is 0 Å². The maximum absolute atomic E-state index is 5.80. The second-order valence-electron chi connectivity index (χ2n) is 5.20. The monoisotopic (exact) mass is 338 g/mol. The van der Waals surface area contributed by atoms with Gasteiger partial charge in [-0.05, 0) is 32.9 Å². The average molecular weight is 339 g/mol. The molecule has 2 aromatic rings. The third kappa shape index (κ3) is 3.26. The Morgan fingerprint density at radius 1 is 1.26 bits per heavy atom. The number of hydrogen-bond donors (Lipinski definition) is 2. The average Bonchev–Trinajstić information content (AvgIpc) is 2.82. The van der Waals surface area contributed by atoms with Crippen molar-refractivity contribution in [2.45, 2.75) is 31.7 Å². The molecule has 2 rings (SSSR count). The summed E-state index contributed by atoms with van der Waals surface area (Å²) in [5, 5.41) is 2.10. The summed E-state index contributed by atoms with van der Waals surface area (Å²) in [5.74, 6) is 5.80. The quantitative estimate of drug-likeness (QED) is 0.641. The smallest absolute Gasteiger partial charge is 0.0350 e. The molecule has 2 nitrogen and oxygen atoms in total. The van der Waals surface area contributed by atoms with Crippen LogP contribution < -0.4 is 11.3 Å². The molecule has 1 unspecified atom stereocenters. The fraction of sp³-hybridized carbons (Fsp3) is 0.333. The Hall–Kier alpha value is -0.680. The van der Waals surface area contributed by atoms with Crippen LogP contribution in [0.5, 0.6) is 0 Å². The SMILES string of the molecule is CC(C)(c1ccccc1)C(Cc1sccc1Br)NN. The molecule has 0 fully saturated rings. The summed E-state index contributed by atoms with van der Waals surface area (Å²) < 4.78 is 1.17. The zero-order valence-corrected chi connectivity index (χ0v) is 13.6. The van der Waals surface area contributed by atoms with Crippen LogP contribution in [-0.2, 0) is 11.8 Å². The van der Waals surface area contributed by atoms with Crippen molar-refractivity contribution >= 4 is 27.3 Å². The van der Waals surface area contributed by atoms with Crippen LogP contribution in [0.2, 0.25) is 0 Å². The number of benzene rings is 1. The molecule has 1 heterocycles. The van der Waals surface area contributed by atoms with Gasteiger partial charge in [-0.1, -0.05) is 44.2 Å². The number of nitrogens with one attached hydrogen (secondary N) is 1. The van der Waals surface area contributed by atoms with Gasteiger partial charge in [0.2, 0.25) is 0 Å². The molecular formula is C15H19BrN2S. The second kappa shape index (κ2) is 6.18. The van der Waals surface area contributed by atoms with Crippen LogP contribution in [0.15, 0.2) is 46.3 Å². The lowest BCUT2D eigenvalue weighted by Gasteiger charge is -2.34. The van der Waals surface area contributed by atoms with E-state index in [9.17, 15) is 0 Å². The van der Waals surface area contributed by atoms with Gasteiger partial charge in [0.1, 0.15) is 0 Å². The van der Waals surface area contributed by atoms with Crippen molar-refractivity contribution in [1.29, 1.82) is 0 Å². The van der Waals surface area contributed by atoms with E-state index in [0.717, 1.165) is 6.42 Å². The highest BCUT2D eigenvalue weighted by Crippen LogP contribution is 2.32. The van der Waals surface area contributed by atoms with Crippen molar-refractivity contribution in [1.82, 2.24) is 5.43 Å². The van der Waals surface area contributed by atoms with E-state index < -0.39 is 0 Å². The van der Waals surface area contributed by atoms with E-state index in [1.54, 1.807) is 11.3 Å². The van der Waals surface area contributed by atoms with Crippen molar-refractivity contribution in [3.05, 3.63) is 56.7 Å². The van der Waals surface area contributed by atoms with Gasteiger partial charge in [0.05, 0.1) is 0 Å². The normalized spacial score (nSPS) is 13.5. The van der Waals surface area contributed by atoms with Gasteiger partial charge in [-0.3, -0.25) is 11.3 Å². The van der Waals surface area contributed by atoms with Crippen LogP contribution >= 0.6 is 27.3 Å². The summed E-state index contributed by atoms with van der Waals surface area (Å²) in [6.45, 7) is 4.46. The number of hydrazine groups is 1. The molecule has 0 radical (unpaired) electrons. The first-order chi connectivity index (χ1) is 9.05. The molecule has 0 bridgehead atoms. The van der Waals surface area contributed by atoms with Crippen molar-refractivity contribution in [3.63, 3.8) is 0 Å². The predicted molar refractivity (Wildman–Crippen MR) is 86.3 cm³/mol. The summed E-state index contributed by atoms with van der Waals surface area (Å²) in [6.07, 6.45) is 0.913. The molecule has 0 aliphatic carbocycles. The van der Waals surface area contributed by atoms with Crippen LogP contribution in [0.1, 0.15) is 24.3 Å². The Morgan fingerprint density at radius 3 is 2.47 bits per heavy atom. The van der Waals surface area contributed by atoms with Crippen LogP contribution in [0.4, 0.5) is 0 Å². The zero-order chi connectivity index (χ0) is 13.9. The molecule has 0 amide bonds. The van der Waals surface area contributed by atoms with Gasteiger partial charge in [0.15, 0.2) is 0 Å². The maximum atomic E-state index is 5.80. The van der Waals surface area contributed by atoms with E-state index in [1.807, 2.05) is 6.07 Å². The highest BCUT2D eigenvalue weighted by atomic mass is 79.9.